The van der Waals surface area contributed by atoms with Crippen LogP contribution in [0.15, 0.2) is 36.7 Å². The molecular formula is C19H25FN6O. The molecule has 8 heteroatoms. The molecule has 27 heavy (non-hydrogen) atoms. The summed E-state index contributed by atoms with van der Waals surface area (Å²) in [6.07, 6.45) is 1.46. The maximum Gasteiger partial charge on any atom is 0.320 e. The zero-order chi connectivity index (χ0) is 19.2. The van der Waals surface area contributed by atoms with Gasteiger partial charge in [-0.1, -0.05) is 19.1 Å². The fourth-order valence-electron chi connectivity index (χ4n) is 3.07. The molecule has 1 aromatic carbocycles. The fraction of sp³-hybridized carbons (Fsp3) is 0.421. The first-order valence-electron chi connectivity index (χ1n) is 9.17. The third kappa shape index (κ3) is 5.13. The molecule has 1 aliphatic heterocycles. The molecule has 1 aliphatic rings. The van der Waals surface area contributed by atoms with Gasteiger partial charge in [0.05, 0.1) is 6.04 Å². The number of aromatic nitrogens is 2. The Kier molecular flexibility index (Phi) is 6.18. The van der Waals surface area contributed by atoms with Crippen molar-refractivity contribution < 1.29 is 9.18 Å². The van der Waals surface area contributed by atoms with Crippen molar-refractivity contribution in [3.05, 3.63) is 48.0 Å². The Morgan fingerprint density at radius 3 is 2.56 bits per heavy atom. The van der Waals surface area contributed by atoms with Gasteiger partial charge >= 0.3 is 6.03 Å². The summed E-state index contributed by atoms with van der Waals surface area (Å²) in [7, 11) is 0. The Hall–Kier alpha value is -2.74. The van der Waals surface area contributed by atoms with Crippen molar-refractivity contribution in [3.63, 3.8) is 0 Å². The second-order valence-electron chi connectivity index (χ2n) is 6.55. The number of hydrogen-bond acceptors (Lipinski definition) is 5. The normalized spacial score (nSPS) is 16.0. The number of piperazine rings is 1. The van der Waals surface area contributed by atoms with Crippen molar-refractivity contribution in [1.82, 2.24) is 20.2 Å². The summed E-state index contributed by atoms with van der Waals surface area (Å²) in [4.78, 5) is 25.3. The maximum absolute atomic E-state index is 13.0. The second-order valence-corrected chi connectivity index (χ2v) is 6.55. The number of urea groups is 1. The Bertz CT molecular complexity index is 761. The van der Waals surface area contributed by atoms with Crippen LogP contribution < -0.4 is 15.5 Å². The van der Waals surface area contributed by atoms with Crippen LogP contribution in [0.25, 0.3) is 0 Å². The number of carbonyl (C=O) groups is 1. The lowest BCUT2D eigenvalue weighted by Gasteiger charge is -2.34. The van der Waals surface area contributed by atoms with Gasteiger partial charge in [0.1, 0.15) is 23.8 Å². The van der Waals surface area contributed by atoms with Gasteiger partial charge in [0.15, 0.2) is 0 Å². The van der Waals surface area contributed by atoms with E-state index >= 15 is 0 Å². The predicted molar refractivity (Wildman–Crippen MR) is 103 cm³/mol. The van der Waals surface area contributed by atoms with E-state index < -0.39 is 0 Å². The van der Waals surface area contributed by atoms with Crippen molar-refractivity contribution in [2.24, 2.45) is 0 Å². The molecule has 2 amide bonds. The number of carbonyl (C=O) groups excluding carboxylic acids is 1. The monoisotopic (exact) mass is 372 g/mol. The standard InChI is InChI=1S/C19H25FN6O/c1-3-25-8-10-26(11-9-25)18-12-17(21-13-22-18)24-19(27)23-14(2)15-4-6-16(20)7-5-15/h4-7,12-14H,3,8-11H2,1-2H3,(H2,21,22,23,24,27). The first kappa shape index (κ1) is 19.0. The molecule has 1 atom stereocenters. The zero-order valence-electron chi connectivity index (χ0n) is 15.7. The van der Waals surface area contributed by atoms with Crippen molar-refractivity contribution >= 4 is 17.7 Å². The molecule has 1 unspecified atom stereocenters. The van der Waals surface area contributed by atoms with Gasteiger partial charge in [-0.3, -0.25) is 5.32 Å². The lowest BCUT2D eigenvalue weighted by molar-refractivity contribution is 0.249. The number of rotatable bonds is 5. The van der Waals surface area contributed by atoms with E-state index in [-0.39, 0.29) is 17.9 Å². The summed E-state index contributed by atoms with van der Waals surface area (Å²) < 4.78 is 13.0. The van der Waals surface area contributed by atoms with Gasteiger partial charge in [-0.2, -0.15) is 0 Å². The van der Waals surface area contributed by atoms with Crippen molar-refractivity contribution in [2.75, 3.05) is 42.9 Å². The number of anilines is 2. The molecule has 2 aromatic rings. The van der Waals surface area contributed by atoms with E-state index in [1.54, 1.807) is 18.2 Å². The number of amides is 2. The number of likely N-dealkylation sites (N-methyl/N-ethyl adjacent to an activating group) is 1. The molecule has 2 N–H and O–H groups in total. The van der Waals surface area contributed by atoms with Gasteiger partial charge in [-0.15, -0.1) is 0 Å². The Morgan fingerprint density at radius 1 is 1.19 bits per heavy atom. The Balaban J connectivity index is 1.57. The highest BCUT2D eigenvalue weighted by Gasteiger charge is 2.17. The molecule has 1 aromatic heterocycles. The summed E-state index contributed by atoms with van der Waals surface area (Å²) in [6, 6.07) is 7.21. The molecule has 1 fully saturated rings. The fourth-order valence-corrected chi connectivity index (χ4v) is 3.07. The van der Waals surface area contributed by atoms with Crippen LogP contribution in [0.3, 0.4) is 0 Å². The van der Waals surface area contributed by atoms with Gasteiger partial charge in [-0.25, -0.2) is 19.2 Å². The number of benzene rings is 1. The predicted octanol–water partition coefficient (Wildman–Crippen LogP) is 2.64. The topological polar surface area (TPSA) is 73.4 Å². The molecule has 0 spiro atoms. The first-order chi connectivity index (χ1) is 13.0. The molecule has 144 valence electrons. The molecule has 2 heterocycles. The summed E-state index contributed by atoms with van der Waals surface area (Å²) in [6.45, 7) is 8.85. The molecule has 0 aliphatic carbocycles. The van der Waals surface area contributed by atoms with Gasteiger partial charge in [0.25, 0.3) is 0 Å². The minimum Gasteiger partial charge on any atom is -0.354 e. The van der Waals surface area contributed by atoms with E-state index in [9.17, 15) is 9.18 Å². The molecule has 0 saturated carbocycles. The number of nitrogens with zero attached hydrogens (tertiary/aromatic N) is 4. The van der Waals surface area contributed by atoms with Crippen LogP contribution in [0.5, 0.6) is 0 Å². The molecule has 0 radical (unpaired) electrons. The van der Waals surface area contributed by atoms with E-state index in [2.05, 4.69) is 37.3 Å². The van der Waals surface area contributed by atoms with Crippen molar-refractivity contribution in [1.29, 1.82) is 0 Å². The third-order valence-electron chi connectivity index (χ3n) is 4.76. The van der Waals surface area contributed by atoms with Crippen LogP contribution >= 0.6 is 0 Å². The highest BCUT2D eigenvalue weighted by Crippen LogP contribution is 2.17. The van der Waals surface area contributed by atoms with E-state index in [0.29, 0.717) is 5.82 Å². The Morgan fingerprint density at radius 2 is 1.89 bits per heavy atom. The van der Waals surface area contributed by atoms with Crippen LogP contribution in [-0.2, 0) is 0 Å². The summed E-state index contributed by atoms with van der Waals surface area (Å²) >= 11 is 0. The second kappa shape index (κ2) is 8.77. The first-order valence-corrected chi connectivity index (χ1v) is 9.17. The van der Waals surface area contributed by atoms with Crippen molar-refractivity contribution in [2.45, 2.75) is 19.9 Å². The van der Waals surface area contributed by atoms with E-state index in [0.717, 1.165) is 44.1 Å². The smallest absolute Gasteiger partial charge is 0.320 e. The van der Waals surface area contributed by atoms with Crippen LogP contribution in [0.1, 0.15) is 25.5 Å². The molecule has 1 saturated heterocycles. The maximum atomic E-state index is 13.0. The average molecular weight is 372 g/mol. The highest BCUT2D eigenvalue weighted by atomic mass is 19.1. The quantitative estimate of drug-likeness (QED) is 0.844. The summed E-state index contributed by atoms with van der Waals surface area (Å²) in [5.41, 5.74) is 0.823. The lowest BCUT2D eigenvalue weighted by atomic mass is 10.1. The van der Waals surface area contributed by atoms with E-state index in [1.807, 2.05) is 6.92 Å². The minimum absolute atomic E-state index is 0.256. The largest absolute Gasteiger partial charge is 0.354 e. The van der Waals surface area contributed by atoms with Crippen LogP contribution in [-0.4, -0.2) is 53.6 Å². The van der Waals surface area contributed by atoms with Crippen LogP contribution in [0.2, 0.25) is 0 Å². The van der Waals surface area contributed by atoms with Crippen LogP contribution in [0.4, 0.5) is 20.8 Å². The third-order valence-corrected chi connectivity index (χ3v) is 4.76. The molecule has 7 nitrogen and oxygen atoms in total. The van der Waals surface area contributed by atoms with Gasteiger partial charge < -0.3 is 15.1 Å². The summed E-state index contributed by atoms with van der Waals surface area (Å²) in [5, 5.41) is 5.56. The van der Waals surface area contributed by atoms with Gasteiger partial charge in [0, 0.05) is 32.2 Å². The molecular weight excluding hydrogens is 347 g/mol. The summed E-state index contributed by atoms with van der Waals surface area (Å²) in [5.74, 6) is 0.952. The number of halogens is 1. The Labute approximate surface area is 158 Å². The van der Waals surface area contributed by atoms with Crippen LogP contribution in [0, 0.1) is 5.82 Å². The van der Waals surface area contributed by atoms with Gasteiger partial charge in [-0.05, 0) is 31.2 Å². The molecule has 3 rings (SSSR count). The zero-order valence-corrected chi connectivity index (χ0v) is 15.7. The van der Waals surface area contributed by atoms with E-state index in [1.165, 1.54) is 18.5 Å². The number of hydrogen-bond donors (Lipinski definition) is 2. The molecule has 0 bridgehead atoms. The SMILES string of the molecule is CCN1CCN(c2cc(NC(=O)NC(C)c3ccc(F)cc3)ncn2)CC1. The minimum atomic E-state index is -0.368. The lowest BCUT2D eigenvalue weighted by Crippen LogP contribution is -2.46. The van der Waals surface area contributed by atoms with Gasteiger partial charge in [0.2, 0.25) is 0 Å². The average Bonchev–Trinajstić information content (AvgIpc) is 2.68. The van der Waals surface area contributed by atoms with Crippen molar-refractivity contribution in [3.8, 4) is 0 Å². The number of nitrogens with one attached hydrogen (secondary N) is 2. The highest BCUT2D eigenvalue weighted by molar-refractivity contribution is 5.88. The van der Waals surface area contributed by atoms with E-state index in [4.69, 9.17) is 0 Å².